The molecule has 22 heavy (non-hydrogen) atoms. The van der Waals surface area contributed by atoms with Crippen molar-refractivity contribution in [3.8, 4) is 28.8 Å². The van der Waals surface area contributed by atoms with Gasteiger partial charge in [-0.2, -0.15) is 5.26 Å². The lowest BCUT2D eigenvalue weighted by atomic mass is 10.2. The molecule has 4 nitrogen and oxygen atoms in total. The van der Waals surface area contributed by atoms with Gasteiger partial charge in [0.2, 0.25) is 5.89 Å². The van der Waals surface area contributed by atoms with E-state index in [-0.39, 0.29) is 12.2 Å². The molecule has 1 aromatic carbocycles. The molecule has 0 aliphatic heterocycles. The van der Waals surface area contributed by atoms with E-state index in [9.17, 15) is 4.39 Å². The Morgan fingerprint density at radius 1 is 1.14 bits per heavy atom. The zero-order valence-electron chi connectivity index (χ0n) is 11.3. The van der Waals surface area contributed by atoms with Crippen LogP contribution in [0.15, 0.2) is 51.7 Å². The van der Waals surface area contributed by atoms with Crippen molar-refractivity contribution in [3.05, 3.63) is 58.8 Å². The van der Waals surface area contributed by atoms with Crippen LogP contribution in [0.2, 0.25) is 0 Å². The number of benzene rings is 1. The van der Waals surface area contributed by atoms with Crippen LogP contribution in [0.25, 0.3) is 22.7 Å². The number of rotatable bonds is 3. The normalized spacial score (nSPS) is 10.4. The maximum absolute atomic E-state index is 13.0. The van der Waals surface area contributed by atoms with Gasteiger partial charge in [0.15, 0.2) is 4.67 Å². The summed E-state index contributed by atoms with van der Waals surface area (Å²) in [5.74, 6) is 0.0786. The van der Waals surface area contributed by atoms with Crippen molar-refractivity contribution in [3.63, 3.8) is 0 Å². The number of pyridine rings is 1. The summed E-state index contributed by atoms with van der Waals surface area (Å²) in [6.07, 6.45) is 1.91. The SMILES string of the molecule is N#CCc1ccc(-c2nc(-c3ccc(F)cc3)oc2Br)cn1. The van der Waals surface area contributed by atoms with Crippen molar-refractivity contribution in [1.82, 2.24) is 9.97 Å². The van der Waals surface area contributed by atoms with Crippen molar-refractivity contribution < 1.29 is 8.81 Å². The smallest absolute Gasteiger partial charge is 0.228 e. The molecule has 0 radical (unpaired) electrons. The van der Waals surface area contributed by atoms with E-state index in [0.717, 1.165) is 5.56 Å². The highest BCUT2D eigenvalue weighted by molar-refractivity contribution is 9.10. The molecule has 3 aromatic rings. The average Bonchev–Trinajstić information content (AvgIpc) is 2.91. The predicted molar refractivity (Wildman–Crippen MR) is 82.1 cm³/mol. The Morgan fingerprint density at radius 3 is 2.50 bits per heavy atom. The number of halogens is 2. The van der Waals surface area contributed by atoms with Gasteiger partial charge in [-0.1, -0.05) is 0 Å². The first kappa shape index (κ1) is 14.4. The van der Waals surface area contributed by atoms with Gasteiger partial charge in [0.1, 0.15) is 11.5 Å². The summed E-state index contributed by atoms with van der Waals surface area (Å²) in [6.45, 7) is 0. The Labute approximate surface area is 134 Å². The molecule has 0 aliphatic carbocycles. The van der Waals surface area contributed by atoms with Crippen molar-refractivity contribution in [2.75, 3.05) is 0 Å². The summed E-state index contributed by atoms with van der Waals surface area (Å²) in [5, 5.41) is 8.65. The van der Waals surface area contributed by atoms with E-state index in [1.807, 2.05) is 12.1 Å². The van der Waals surface area contributed by atoms with Crippen LogP contribution >= 0.6 is 15.9 Å². The van der Waals surface area contributed by atoms with Gasteiger partial charge in [-0.3, -0.25) is 4.98 Å². The van der Waals surface area contributed by atoms with Crippen LogP contribution in [0.1, 0.15) is 5.69 Å². The molecular weight excluding hydrogens is 349 g/mol. The molecule has 108 valence electrons. The van der Waals surface area contributed by atoms with Crippen molar-refractivity contribution in [1.29, 1.82) is 5.26 Å². The molecule has 2 aromatic heterocycles. The molecule has 0 saturated carbocycles. The molecule has 0 atom stereocenters. The minimum atomic E-state index is -0.313. The van der Waals surface area contributed by atoms with E-state index >= 15 is 0 Å². The third-order valence-electron chi connectivity index (χ3n) is 3.04. The first-order valence-electron chi connectivity index (χ1n) is 6.42. The Kier molecular flexibility index (Phi) is 3.98. The highest BCUT2D eigenvalue weighted by Crippen LogP contribution is 2.32. The van der Waals surface area contributed by atoms with Crippen LogP contribution in [-0.2, 0) is 6.42 Å². The zero-order valence-corrected chi connectivity index (χ0v) is 12.8. The van der Waals surface area contributed by atoms with E-state index < -0.39 is 0 Å². The van der Waals surface area contributed by atoms with E-state index in [1.54, 1.807) is 24.4 Å². The molecule has 2 heterocycles. The Bertz CT molecular complexity index is 835. The Hall–Kier alpha value is -2.52. The van der Waals surface area contributed by atoms with Crippen molar-refractivity contribution in [2.45, 2.75) is 6.42 Å². The van der Waals surface area contributed by atoms with E-state index in [1.165, 1.54) is 12.1 Å². The first-order chi connectivity index (χ1) is 10.7. The average molecular weight is 358 g/mol. The first-order valence-corrected chi connectivity index (χ1v) is 7.21. The molecule has 0 aliphatic rings. The number of hydrogen-bond acceptors (Lipinski definition) is 4. The lowest BCUT2D eigenvalue weighted by molar-refractivity contribution is 0.549. The fourth-order valence-corrected chi connectivity index (χ4v) is 2.42. The predicted octanol–water partition coefficient (Wildman–Crippen LogP) is 4.37. The van der Waals surface area contributed by atoms with E-state index in [4.69, 9.17) is 9.68 Å². The van der Waals surface area contributed by atoms with Gasteiger partial charge in [-0.25, -0.2) is 9.37 Å². The van der Waals surface area contributed by atoms with Crippen molar-refractivity contribution >= 4 is 15.9 Å². The fraction of sp³-hybridized carbons (Fsp3) is 0.0625. The van der Waals surface area contributed by atoms with Crippen LogP contribution in [0.4, 0.5) is 4.39 Å². The molecule has 0 N–H and O–H groups in total. The van der Waals surface area contributed by atoms with Crippen molar-refractivity contribution in [2.24, 2.45) is 0 Å². The topological polar surface area (TPSA) is 62.7 Å². The molecule has 0 fully saturated rings. The molecule has 0 amide bonds. The number of oxazole rings is 1. The Balaban J connectivity index is 1.95. The standard InChI is InChI=1S/C16H9BrFN3O/c17-15-14(11-3-6-13(7-8-19)20-9-11)21-16(22-15)10-1-4-12(18)5-2-10/h1-6,9H,7H2. The molecule has 0 bridgehead atoms. The van der Waals surface area contributed by atoms with Gasteiger partial charge in [0, 0.05) is 17.3 Å². The van der Waals surface area contributed by atoms with Gasteiger partial charge < -0.3 is 4.42 Å². The highest BCUT2D eigenvalue weighted by atomic mass is 79.9. The molecular formula is C16H9BrFN3O. The largest absolute Gasteiger partial charge is 0.429 e. The second-order valence-electron chi connectivity index (χ2n) is 4.52. The molecule has 0 spiro atoms. The minimum absolute atomic E-state index is 0.265. The maximum Gasteiger partial charge on any atom is 0.228 e. The second kappa shape index (κ2) is 6.08. The molecule has 0 unspecified atom stereocenters. The summed E-state index contributed by atoms with van der Waals surface area (Å²) < 4.78 is 19.0. The zero-order chi connectivity index (χ0) is 15.5. The number of hydrogen-bond donors (Lipinski definition) is 0. The minimum Gasteiger partial charge on any atom is -0.429 e. The van der Waals surface area contributed by atoms with Gasteiger partial charge in [-0.15, -0.1) is 0 Å². The van der Waals surface area contributed by atoms with Gasteiger partial charge in [0.25, 0.3) is 0 Å². The van der Waals surface area contributed by atoms with Crippen LogP contribution in [0, 0.1) is 17.1 Å². The molecule has 3 rings (SSSR count). The highest BCUT2D eigenvalue weighted by Gasteiger charge is 2.14. The van der Waals surface area contributed by atoms with Crippen LogP contribution < -0.4 is 0 Å². The fourth-order valence-electron chi connectivity index (χ4n) is 1.95. The number of nitrogens with zero attached hydrogens (tertiary/aromatic N) is 3. The lowest BCUT2D eigenvalue weighted by Crippen LogP contribution is -1.88. The molecule has 6 heteroatoms. The summed E-state index contributed by atoms with van der Waals surface area (Å²) in [6, 6.07) is 11.6. The Morgan fingerprint density at radius 2 is 1.86 bits per heavy atom. The number of aromatic nitrogens is 2. The van der Waals surface area contributed by atoms with Crippen LogP contribution in [0.5, 0.6) is 0 Å². The van der Waals surface area contributed by atoms with Crippen LogP contribution in [0.3, 0.4) is 0 Å². The third kappa shape index (κ3) is 2.90. The van der Waals surface area contributed by atoms with E-state index in [0.29, 0.717) is 27.5 Å². The van der Waals surface area contributed by atoms with Gasteiger partial charge >= 0.3 is 0 Å². The summed E-state index contributed by atoms with van der Waals surface area (Å²) >= 11 is 3.33. The third-order valence-corrected chi connectivity index (χ3v) is 3.57. The molecule has 0 saturated heterocycles. The summed E-state index contributed by atoms with van der Waals surface area (Å²) in [7, 11) is 0. The lowest BCUT2D eigenvalue weighted by Gasteiger charge is -1.97. The van der Waals surface area contributed by atoms with Crippen LogP contribution in [-0.4, -0.2) is 9.97 Å². The quantitative estimate of drug-likeness (QED) is 0.698. The number of nitriles is 1. The van der Waals surface area contributed by atoms with Gasteiger partial charge in [0.05, 0.1) is 18.2 Å². The second-order valence-corrected chi connectivity index (χ2v) is 5.24. The summed E-state index contributed by atoms with van der Waals surface area (Å²) in [5.41, 5.74) is 2.76. The summed E-state index contributed by atoms with van der Waals surface area (Å²) in [4.78, 5) is 8.62. The van der Waals surface area contributed by atoms with Gasteiger partial charge in [-0.05, 0) is 52.3 Å². The maximum atomic E-state index is 13.0. The van der Waals surface area contributed by atoms with E-state index in [2.05, 4.69) is 25.9 Å². The monoisotopic (exact) mass is 357 g/mol.